The van der Waals surface area contributed by atoms with Gasteiger partial charge in [0.25, 0.3) is 5.91 Å². The molecule has 0 spiro atoms. The molecular weight excluding hydrogens is 178 g/mol. The van der Waals surface area contributed by atoms with Crippen LogP contribution in [-0.4, -0.2) is 24.2 Å². The minimum absolute atomic E-state index is 0.0218. The van der Waals surface area contributed by atoms with E-state index in [1.165, 1.54) is 0 Å². The minimum Gasteiger partial charge on any atom is -0.365 e. The van der Waals surface area contributed by atoms with Crippen LogP contribution in [0.3, 0.4) is 0 Å². The van der Waals surface area contributed by atoms with Crippen molar-refractivity contribution in [3.8, 4) is 12.3 Å². The molecule has 1 amide bonds. The molecule has 1 rings (SSSR count). The third kappa shape index (κ3) is 2.49. The zero-order valence-corrected chi connectivity index (χ0v) is 8.80. The summed E-state index contributed by atoms with van der Waals surface area (Å²) in [6.07, 6.45) is 7.46. The van der Waals surface area contributed by atoms with Crippen LogP contribution in [0, 0.1) is 12.3 Å². The van der Waals surface area contributed by atoms with Gasteiger partial charge in [-0.2, -0.15) is 0 Å². The van der Waals surface area contributed by atoms with E-state index in [0.29, 0.717) is 13.0 Å². The second-order valence-corrected chi connectivity index (χ2v) is 3.97. The number of hydrogen-bond donors (Lipinski definition) is 1. The van der Waals surface area contributed by atoms with Crippen molar-refractivity contribution in [1.29, 1.82) is 0 Å². The second-order valence-electron chi connectivity index (χ2n) is 3.97. The standard InChI is InChI=1S/C11H17NO2/c1-4-6-9(2)12-10(13)11(3)7-5-8-14-11/h1,9H,5-8H2,2-3H3,(H,12,13). The van der Waals surface area contributed by atoms with Gasteiger partial charge in [-0.3, -0.25) is 4.79 Å². The molecular formula is C11H17NO2. The number of rotatable bonds is 3. The molecule has 1 saturated heterocycles. The molecule has 0 aromatic heterocycles. The van der Waals surface area contributed by atoms with Gasteiger partial charge in [-0.1, -0.05) is 0 Å². The number of hydrogen-bond acceptors (Lipinski definition) is 2. The first-order chi connectivity index (χ1) is 6.58. The Bertz CT molecular complexity index is 249. The van der Waals surface area contributed by atoms with Crippen molar-refractivity contribution in [2.45, 2.75) is 44.8 Å². The van der Waals surface area contributed by atoms with Crippen LogP contribution in [0.2, 0.25) is 0 Å². The Morgan fingerprint density at radius 2 is 2.50 bits per heavy atom. The number of carbonyl (C=O) groups is 1. The van der Waals surface area contributed by atoms with Crippen LogP contribution in [0.15, 0.2) is 0 Å². The summed E-state index contributed by atoms with van der Waals surface area (Å²) in [4.78, 5) is 11.7. The number of terminal acetylenes is 1. The quantitative estimate of drug-likeness (QED) is 0.684. The summed E-state index contributed by atoms with van der Waals surface area (Å²) in [7, 11) is 0. The van der Waals surface area contributed by atoms with Gasteiger partial charge in [0.05, 0.1) is 0 Å². The highest BCUT2D eigenvalue weighted by atomic mass is 16.5. The highest BCUT2D eigenvalue weighted by Crippen LogP contribution is 2.25. The summed E-state index contributed by atoms with van der Waals surface area (Å²) in [5.41, 5.74) is -0.636. The minimum atomic E-state index is -0.636. The Kier molecular flexibility index (Phi) is 3.54. The fourth-order valence-electron chi connectivity index (χ4n) is 1.56. The predicted molar refractivity (Wildman–Crippen MR) is 54.6 cm³/mol. The molecule has 1 aliphatic rings. The van der Waals surface area contributed by atoms with Gasteiger partial charge >= 0.3 is 0 Å². The van der Waals surface area contributed by atoms with E-state index in [9.17, 15) is 4.79 Å². The Morgan fingerprint density at radius 3 is 3.00 bits per heavy atom. The van der Waals surface area contributed by atoms with Crippen LogP contribution < -0.4 is 5.32 Å². The van der Waals surface area contributed by atoms with E-state index in [-0.39, 0.29) is 11.9 Å². The molecule has 3 nitrogen and oxygen atoms in total. The molecule has 78 valence electrons. The van der Waals surface area contributed by atoms with E-state index in [4.69, 9.17) is 11.2 Å². The molecule has 0 aromatic carbocycles. The van der Waals surface area contributed by atoms with Crippen molar-refractivity contribution in [3.63, 3.8) is 0 Å². The first-order valence-electron chi connectivity index (χ1n) is 4.97. The van der Waals surface area contributed by atoms with Crippen molar-refractivity contribution in [1.82, 2.24) is 5.32 Å². The number of ether oxygens (including phenoxy) is 1. The number of carbonyl (C=O) groups excluding carboxylic acids is 1. The first-order valence-corrected chi connectivity index (χ1v) is 4.97. The van der Waals surface area contributed by atoms with Gasteiger partial charge in [0.1, 0.15) is 5.60 Å². The van der Waals surface area contributed by atoms with Crippen LogP contribution in [-0.2, 0) is 9.53 Å². The van der Waals surface area contributed by atoms with Crippen LogP contribution in [0.5, 0.6) is 0 Å². The first kappa shape index (κ1) is 11.1. The Morgan fingerprint density at radius 1 is 1.79 bits per heavy atom. The highest BCUT2D eigenvalue weighted by Gasteiger charge is 2.37. The SMILES string of the molecule is C#CCC(C)NC(=O)C1(C)CCCO1. The predicted octanol–water partition coefficient (Wildman–Crippen LogP) is 1.08. The summed E-state index contributed by atoms with van der Waals surface area (Å²) >= 11 is 0. The van der Waals surface area contributed by atoms with Gasteiger partial charge in [0, 0.05) is 19.1 Å². The second kappa shape index (κ2) is 4.47. The normalized spacial score (nSPS) is 28.1. The molecule has 1 heterocycles. The maximum Gasteiger partial charge on any atom is 0.252 e. The Balaban J connectivity index is 2.45. The van der Waals surface area contributed by atoms with Gasteiger partial charge < -0.3 is 10.1 Å². The van der Waals surface area contributed by atoms with Crippen LogP contribution in [0.1, 0.15) is 33.1 Å². The lowest BCUT2D eigenvalue weighted by atomic mass is 10.0. The largest absolute Gasteiger partial charge is 0.365 e. The fraction of sp³-hybridized carbons (Fsp3) is 0.727. The number of amides is 1. The van der Waals surface area contributed by atoms with E-state index < -0.39 is 5.60 Å². The third-order valence-electron chi connectivity index (χ3n) is 2.50. The van der Waals surface area contributed by atoms with Crippen molar-refractivity contribution >= 4 is 5.91 Å². The van der Waals surface area contributed by atoms with E-state index in [1.807, 2.05) is 13.8 Å². The molecule has 1 fully saturated rings. The van der Waals surface area contributed by atoms with Crippen LogP contribution >= 0.6 is 0 Å². The van der Waals surface area contributed by atoms with Crippen LogP contribution in [0.4, 0.5) is 0 Å². The molecule has 0 aromatic rings. The Hall–Kier alpha value is -1.01. The molecule has 2 unspecified atom stereocenters. The topological polar surface area (TPSA) is 38.3 Å². The molecule has 2 atom stereocenters. The molecule has 3 heteroatoms. The number of nitrogens with one attached hydrogen (secondary N) is 1. The zero-order chi connectivity index (χ0) is 10.6. The summed E-state index contributed by atoms with van der Waals surface area (Å²) < 4.78 is 5.42. The van der Waals surface area contributed by atoms with E-state index in [2.05, 4.69) is 11.2 Å². The maximum absolute atomic E-state index is 11.7. The third-order valence-corrected chi connectivity index (χ3v) is 2.50. The van der Waals surface area contributed by atoms with Crippen molar-refractivity contribution in [2.75, 3.05) is 6.61 Å². The molecule has 14 heavy (non-hydrogen) atoms. The zero-order valence-electron chi connectivity index (χ0n) is 8.80. The van der Waals surface area contributed by atoms with Crippen molar-refractivity contribution < 1.29 is 9.53 Å². The van der Waals surface area contributed by atoms with E-state index >= 15 is 0 Å². The summed E-state index contributed by atoms with van der Waals surface area (Å²) in [5, 5.41) is 2.86. The van der Waals surface area contributed by atoms with Gasteiger partial charge in [0.2, 0.25) is 0 Å². The van der Waals surface area contributed by atoms with Gasteiger partial charge in [-0.25, -0.2) is 0 Å². The van der Waals surface area contributed by atoms with Gasteiger partial charge in [-0.15, -0.1) is 12.3 Å². The summed E-state index contributed by atoms with van der Waals surface area (Å²) in [5.74, 6) is 2.48. The highest BCUT2D eigenvalue weighted by molar-refractivity contribution is 5.85. The lowest BCUT2D eigenvalue weighted by Crippen LogP contribution is -2.47. The van der Waals surface area contributed by atoms with Crippen molar-refractivity contribution in [3.05, 3.63) is 0 Å². The molecule has 0 aliphatic carbocycles. The maximum atomic E-state index is 11.7. The molecule has 0 bridgehead atoms. The molecule has 0 saturated carbocycles. The summed E-state index contributed by atoms with van der Waals surface area (Å²) in [6.45, 7) is 4.40. The average molecular weight is 195 g/mol. The molecule has 0 radical (unpaired) electrons. The van der Waals surface area contributed by atoms with Crippen LogP contribution in [0.25, 0.3) is 0 Å². The smallest absolute Gasteiger partial charge is 0.252 e. The average Bonchev–Trinajstić information content (AvgIpc) is 2.54. The van der Waals surface area contributed by atoms with Crippen molar-refractivity contribution in [2.24, 2.45) is 0 Å². The molecule has 1 N–H and O–H groups in total. The fourth-order valence-corrected chi connectivity index (χ4v) is 1.56. The Labute approximate surface area is 85.2 Å². The van der Waals surface area contributed by atoms with Gasteiger partial charge in [0.15, 0.2) is 0 Å². The lowest BCUT2D eigenvalue weighted by Gasteiger charge is -2.24. The van der Waals surface area contributed by atoms with E-state index in [0.717, 1.165) is 12.8 Å². The summed E-state index contributed by atoms with van der Waals surface area (Å²) in [6, 6.07) is 0.0218. The lowest BCUT2D eigenvalue weighted by molar-refractivity contribution is -0.140. The monoisotopic (exact) mass is 195 g/mol. The van der Waals surface area contributed by atoms with E-state index in [1.54, 1.807) is 0 Å². The molecule has 1 aliphatic heterocycles. The van der Waals surface area contributed by atoms with Gasteiger partial charge in [-0.05, 0) is 26.7 Å².